The van der Waals surface area contributed by atoms with Crippen LogP contribution in [0.4, 0.5) is 0 Å². The number of hydrogen-bond donors (Lipinski definition) is 1. The minimum Gasteiger partial charge on any atom is -0.353 e. The maximum Gasteiger partial charge on any atom is 0.230 e. The molecule has 2 heterocycles. The van der Waals surface area contributed by atoms with E-state index in [0.717, 1.165) is 27.2 Å². The Bertz CT molecular complexity index is 833. The molecule has 0 unspecified atom stereocenters. The van der Waals surface area contributed by atoms with E-state index in [-0.39, 0.29) is 11.9 Å². The van der Waals surface area contributed by atoms with Crippen molar-refractivity contribution in [1.82, 2.24) is 15.3 Å². The van der Waals surface area contributed by atoms with Gasteiger partial charge in [-0.15, -0.1) is 11.3 Å². The molecule has 0 aliphatic heterocycles. The summed E-state index contributed by atoms with van der Waals surface area (Å²) in [5.41, 5.74) is 0.903. The Kier molecular flexibility index (Phi) is 5.48. The van der Waals surface area contributed by atoms with Crippen LogP contribution in [0.2, 0.25) is 0 Å². The second kappa shape index (κ2) is 7.77. The van der Waals surface area contributed by atoms with E-state index in [4.69, 9.17) is 4.98 Å². The fraction of sp³-hybridized carbons (Fsp3) is 0.278. The summed E-state index contributed by atoms with van der Waals surface area (Å²) < 4.78 is 0. The van der Waals surface area contributed by atoms with Gasteiger partial charge in [0, 0.05) is 11.4 Å². The second-order valence-electron chi connectivity index (χ2n) is 5.51. The molecule has 0 aliphatic carbocycles. The lowest BCUT2D eigenvalue weighted by Crippen LogP contribution is -2.33. The molecule has 3 aromatic rings. The van der Waals surface area contributed by atoms with Gasteiger partial charge in [0.25, 0.3) is 0 Å². The number of nitrogens with zero attached hydrogens (tertiary/aromatic N) is 2. The lowest BCUT2D eigenvalue weighted by Gasteiger charge is -2.11. The molecule has 1 aromatic carbocycles. The van der Waals surface area contributed by atoms with Crippen molar-refractivity contribution in [3.8, 4) is 10.7 Å². The highest BCUT2D eigenvalue weighted by Gasteiger charge is 2.13. The van der Waals surface area contributed by atoms with Gasteiger partial charge in [0.15, 0.2) is 5.82 Å². The highest BCUT2D eigenvalue weighted by Crippen LogP contribution is 2.29. The van der Waals surface area contributed by atoms with Gasteiger partial charge in [-0.2, -0.15) is 0 Å². The zero-order valence-corrected chi connectivity index (χ0v) is 15.3. The van der Waals surface area contributed by atoms with Crippen LogP contribution < -0.4 is 5.32 Å². The van der Waals surface area contributed by atoms with Gasteiger partial charge in [-0.25, -0.2) is 9.97 Å². The van der Waals surface area contributed by atoms with Gasteiger partial charge >= 0.3 is 0 Å². The first-order chi connectivity index (χ1) is 11.7. The Balaban J connectivity index is 1.87. The normalized spacial score (nSPS) is 12.2. The standard InChI is InChI=1S/C18H19N3OS2/c1-3-12(2)19-16(22)11-24-18-13-7-4-5-8-14(13)20-17(21-18)15-9-6-10-23-15/h4-10,12H,3,11H2,1-2H3,(H,19,22)/t12-/m1/s1. The van der Waals surface area contributed by atoms with Crippen molar-refractivity contribution in [2.45, 2.75) is 31.3 Å². The van der Waals surface area contributed by atoms with Gasteiger partial charge in [0.2, 0.25) is 5.91 Å². The molecular weight excluding hydrogens is 338 g/mol. The molecule has 2 aromatic heterocycles. The molecule has 0 aliphatic rings. The predicted octanol–water partition coefficient (Wildman–Crippen LogP) is 4.37. The molecule has 0 spiro atoms. The quantitative estimate of drug-likeness (QED) is 0.526. The molecular formula is C18H19N3OS2. The van der Waals surface area contributed by atoms with Crippen LogP contribution in [-0.4, -0.2) is 27.7 Å². The van der Waals surface area contributed by atoms with E-state index in [1.807, 2.05) is 48.7 Å². The van der Waals surface area contributed by atoms with E-state index in [0.29, 0.717) is 11.6 Å². The number of para-hydroxylation sites is 1. The second-order valence-corrected chi connectivity index (χ2v) is 7.42. The molecule has 1 N–H and O–H groups in total. The van der Waals surface area contributed by atoms with Crippen molar-refractivity contribution in [3.05, 3.63) is 41.8 Å². The van der Waals surface area contributed by atoms with Crippen molar-refractivity contribution in [1.29, 1.82) is 0 Å². The van der Waals surface area contributed by atoms with Gasteiger partial charge in [-0.3, -0.25) is 4.79 Å². The van der Waals surface area contributed by atoms with Gasteiger partial charge in [0.1, 0.15) is 5.03 Å². The summed E-state index contributed by atoms with van der Waals surface area (Å²) in [4.78, 5) is 22.4. The highest BCUT2D eigenvalue weighted by atomic mass is 32.2. The summed E-state index contributed by atoms with van der Waals surface area (Å²) >= 11 is 3.08. The third-order valence-electron chi connectivity index (χ3n) is 3.67. The third-order valence-corrected chi connectivity index (χ3v) is 5.53. The minimum atomic E-state index is 0.0368. The molecule has 24 heavy (non-hydrogen) atoms. The fourth-order valence-corrected chi connectivity index (χ4v) is 3.71. The van der Waals surface area contributed by atoms with E-state index in [2.05, 4.69) is 17.2 Å². The van der Waals surface area contributed by atoms with Crippen LogP contribution in [0.15, 0.2) is 46.8 Å². The molecule has 0 saturated heterocycles. The molecule has 124 valence electrons. The van der Waals surface area contributed by atoms with Gasteiger partial charge in [-0.1, -0.05) is 43.0 Å². The number of carbonyl (C=O) groups excluding carboxylic acids is 1. The van der Waals surface area contributed by atoms with Crippen LogP contribution in [0, 0.1) is 0 Å². The number of thioether (sulfide) groups is 1. The highest BCUT2D eigenvalue weighted by molar-refractivity contribution is 8.00. The summed E-state index contributed by atoms with van der Waals surface area (Å²) in [6, 6.07) is 12.1. The van der Waals surface area contributed by atoms with Crippen molar-refractivity contribution in [2.24, 2.45) is 0 Å². The van der Waals surface area contributed by atoms with Crippen molar-refractivity contribution in [3.63, 3.8) is 0 Å². The van der Waals surface area contributed by atoms with Crippen LogP contribution in [0.5, 0.6) is 0 Å². The average Bonchev–Trinajstić information content (AvgIpc) is 3.14. The van der Waals surface area contributed by atoms with E-state index >= 15 is 0 Å². The average molecular weight is 358 g/mol. The number of fused-ring (bicyclic) bond motifs is 1. The van der Waals surface area contributed by atoms with E-state index < -0.39 is 0 Å². The van der Waals surface area contributed by atoms with Gasteiger partial charge in [-0.05, 0) is 30.9 Å². The number of thiophene rings is 1. The SMILES string of the molecule is CC[C@@H](C)NC(=O)CSc1nc(-c2cccs2)nc2ccccc12. The first-order valence-electron chi connectivity index (χ1n) is 7.90. The third kappa shape index (κ3) is 3.94. The Hall–Kier alpha value is -1.92. The van der Waals surface area contributed by atoms with Crippen LogP contribution in [-0.2, 0) is 4.79 Å². The predicted molar refractivity (Wildman–Crippen MR) is 101 cm³/mol. The molecule has 3 rings (SSSR count). The van der Waals surface area contributed by atoms with E-state index in [9.17, 15) is 4.79 Å². The first-order valence-corrected chi connectivity index (χ1v) is 9.76. The summed E-state index contributed by atoms with van der Waals surface area (Å²) in [6.07, 6.45) is 0.926. The molecule has 4 nitrogen and oxygen atoms in total. The van der Waals surface area contributed by atoms with Crippen molar-refractivity contribution >= 4 is 39.9 Å². The Morgan fingerprint density at radius 1 is 1.25 bits per heavy atom. The zero-order valence-electron chi connectivity index (χ0n) is 13.7. The van der Waals surface area contributed by atoms with Crippen molar-refractivity contribution in [2.75, 3.05) is 5.75 Å². The zero-order chi connectivity index (χ0) is 16.9. The smallest absolute Gasteiger partial charge is 0.230 e. The number of rotatable bonds is 6. The first kappa shape index (κ1) is 16.9. The molecule has 1 amide bonds. The van der Waals surface area contributed by atoms with Crippen LogP contribution in [0.25, 0.3) is 21.6 Å². The Labute approximate surface area is 149 Å². The van der Waals surface area contributed by atoms with Crippen molar-refractivity contribution < 1.29 is 4.79 Å². The summed E-state index contributed by atoms with van der Waals surface area (Å²) in [5.74, 6) is 1.11. The van der Waals surface area contributed by atoms with E-state index in [1.54, 1.807) is 11.3 Å². The monoisotopic (exact) mass is 357 g/mol. The van der Waals surface area contributed by atoms with Crippen LogP contribution >= 0.6 is 23.1 Å². The fourth-order valence-electron chi connectivity index (χ4n) is 2.23. The number of hydrogen-bond acceptors (Lipinski definition) is 5. The van der Waals surface area contributed by atoms with Crippen LogP contribution in [0.1, 0.15) is 20.3 Å². The number of amides is 1. The van der Waals surface area contributed by atoms with E-state index in [1.165, 1.54) is 11.8 Å². The Morgan fingerprint density at radius 3 is 2.83 bits per heavy atom. The lowest BCUT2D eigenvalue weighted by atomic mass is 10.2. The molecule has 0 radical (unpaired) electrons. The molecule has 0 fully saturated rings. The summed E-state index contributed by atoms with van der Waals surface area (Å²) in [7, 11) is 0. The van der Waals surface area contributed by atoms with Gasteiger partial charge < -0.3 is 5.32 Å². The Morgan fingerprint density at radius 2 is 2.08 bits per heavy atom. The lowest BCUT2D eigenvalue weighted by molar-refractivity contribution is -0.119. The number of benzene rings is 1. The summed E-state index contributed by atoms with van der Waals surface area (Å²) in [6.45, 7) is 4.07. The molecule has 0 saturated carbocycles. The number of nitrogens with one attached hydrogen (secondary N) is 1. The topological polar surface area (TPSA) is 54.9 Å². The maximum atomic E-state index is 12.1. The molecule has 6 heteroatoms. The number of carbonyl (C=O) groups is 1. The maximum absolute atomic E-state index is 12.1. The minimum absolute atomic E-state index is 0.0368. The summed E-state index contributed by atoms with van der Waals surface area (Å²) in [5, 5.41) is 6.84. The largest absolute Gasteiger partial charge is 0.353 e. The molecule has 0 bridgehead atoms. The van der Waals surface area contributed by atoms with Gasteiger partial charge in [0.05, 0.1) is 16.1 Å². The molecule has 1 atom stereocenters. The van der Waals surface area contributed by atoms with Crippen LogP contribution in [0.3, 0.4) is 0 Å². The number of aromatic nitrogens is 2.